The van der Waals surface area contributed by atoms with Gasteiger partial charge in [-0.15, -0.1) is 0 Å². The second-order valence-corrected chi connectivity index (χ2v) is 6.97. The van der Waals surface area contributed by atoms with E-state index in [-0.39, 0.29) is 23.7 Å². The monoisotopic (exact) mass is 341 g/mol. The Hall–Kier alpha value is -2.13. The van der Waals surface area contributed by atoms with Gasteiger partial charge in [0.1, 0.15) is 6.54 Å². The van der Waals surface area contributed by atoms with Gasteiger partial charge < -0.3 is 10.1 Å². The Kier molecular flexibility index (Phi) is 5.22. The van der Waals surface area contributed by atoms with Crippen molar-refractivity contribution in [3.8, 4) is 0 Å². The van der Waals surface area contributed by atoms with E-state index >= 15 is 0 Å². The molecule has 126 valence electrons. The largest absolute Gasteiger partial charge is 0.383 e. The third kappa shape index (κ3) is 3.45. The summed E-state index contributed by atoms with van der Waals surface area (Å²) in [5.41, 5.74) is -0.0737. The van der Waals surface area contributed by atoms with E-state index in [0.717, 1.165) is 8.54 Å². The van der Waals surface area contributed by atoms with Crippen LogP contribution in [0.4, 0.5) is 0 Å². The molecule has 1 amide bonds. The van der Waals surface area contributed by atoms with E-state index in [2.05, 4.69) is 5.32 Å². The molecule has 23 heavy (non-hydrogen) atoms. The minimum atomic E-state index is -3.76. The van der Waals surface area contributed by atoms with Crippen LogP contribution < -0.4 is 11.0 Å². The highest BCUT2D eigenvalue weighted by molar-refractivity contribution is 7.90. The maximum Gasteiger partial charge on any atom is 0.343 e. The molecule has 0 atom stereocenters. The molecular formula is C14H19N3O5S. The predicted molar refractivity (Wildman–Crippen MR) is 85.9 cm³/mol. The van der Waals surface area contributed by atoms with Gasteiger partial charge in [-0.25, -0.2) is 13.2 Å². The minimum absolute atomic E-state index is 0.207. The van der Waals surface area contributed by atoms with Gasteiger partial charge in [0.2, 0.25) is 15.9 Å². The van der Waals surface area contributed by atoms with Crippen LogP contribution in [0.25, 0.3) is 11.0 Å². The van der Waals surface area contributed by atoms with Crippen LogP contribution in [0.1, 0.15) is 6.92 Å². The molecule has 2 aromatic rings. The molecule has 0 aliphatic heterocycles. The lowest BCUT2D eigenvalue weighted by atomic mass is 10.3. The third-order valence-electron chi connectivity index (χ3n) is 3.37. The smallest absolute Gasteiger partial charge is 0.343 e. The molecule has 9 heteroatoms. The normalized spacial score (nSPS) is 11.7. The second-order valence-electron chi connectivity index (χ2n) is 4.87. The van der Waals surface area contributed by atoms with Crippen LogP contribution in [0.3, 0.4) is 0 Å². The number of amides is 1. The van der Waals surface area contributed by atoms with Gasteiger partial charge >= 0.3 is 5.69 Å². The Morgan fingerprint density at radius 2 is 1.91 bits per heavy atom. The molecular weight excluding hydrogens is 322 g/mol. The molecule has 8 nitrogen and oxygen atoms in total. The average Bonchev–Trinajstić information content (AvgIpc) is 2.81. The molecule has 0 aliphatic carbocycles. The van der Waals surface area contributed by atoms with Crippen molar-refractivity contribution in [3.05, 3.63) is 34.7 Å². The maximum atomic E-state index is 12.5. The lowest BCUT2D eigenvalue weighted by molar-refractivity contribution is -0.121. The molecule has 0 bridgehead atoms. The number of rotatable bonds is 7. The fourth-order valence-corrected chi connectivity index (χ4v) is 3.27. The van der Waals surface area contributed by atoms with Crippen LogP contribution in [0.2, 0.25) is 0 Å². The number of nitrogens with one attached hydrogen (secondary N) is 1. The molecule has 0 radical (unpaired) electrons. The Balaban J connectivity index is 2.47. The second kappa shape index (κ2) is 6.97. The highest BCUT2D eigenvalue weighted by atomic mass is 32.2. The topological polar surface area (TPSA) is 99.4 Å². The highest BCUT2D eigenvalue weighted by Crippen LogP contribution is 2.14. The summed E-state index contributed by atoms with van der Waals surface area (Å²) in [4.78, 5) is 24.4. The third-order valence-corrected chi connectivity index (χ3v) is 5.01. The molecule has 1 aromatic heterocycles. The standard InChI is InChI=1S/C14H19N3O5S/c1-3-23(20,21)17-12-7-5-4-6-11(12)16(14(17)19)10-13(18)15-8-9-22-2/h4-7H,3,8-10H2,1-2H3,(H,15,18). The van der Waals surface area contributed by atoms with Crippen LogP contribution in [0.15, 0.2) is 29.1 Å². The number of carbonyl (C=O) groups excluding carboxylic acids is 1. The number of imidazole rings is 1. The number of nitrogens with zero attached hydrogens (tertiary/aromatic N) is 2. The van der Waals surface area contributed by atoms with E-state index < -0.39 is 15.7 Å². The van der Waals surface area contributed by atoms with Gasteiger partial charge in [0.15, 0.2) is 0 Å². The van der Waals surface area contributed by atoms with Crippen LogP contribution >= 0.6 is 0 Å². The van der Waals surface area contributed by atoms with Crippen molar-refractivity contribution in [2.45, 2.75) is 13.5 Å². The van der Waals surface area contributed by atoms with Gasteiger partial charge in [0.25, 0.3) is 0 Å². The molecule has 1 N–H and O–H groups in total. The summed E-state index contributed by atoms with van der Waals surface area (Å²) < 4.78 is 31.1. The van der Waals surface area contributed by atoms with Crippen LogP contribution in [-0.4, -0.2) is 48.9 Å². The average molecular weight is 341 g/mol. The van der Waals surface area contributed by atoms with Gasteiger partial charge in [0, 0.05) is 13.7 Å². The van der Waals surface area contributed by atoms with Gasteiger partial charge in [-0.2, -0.15) is 3.97 Å². The maximum absolute atomic E-state index is 12.5. The number of aromatic nitrogens is 2. The van der Waals surface area contributed by atoms with Crippen molar-refractivity contribution in [3.63, 3.8) is 0 Å². The fourth-order valence-electron chi connectivity index (χ4n) is 2.22. The van der Waals surface area contributed by atoms with Crippen LogP contribution in [0.5, 0.6) is 0 Å². The number of ether oxygens (including phenoxy) is 1. The number of fused-ring (bicyclic) bond motifs is 1. The molecule has 0 aliphatic rings. The van der Waals surface area contributed by atoms with Crippen molar-refractivity contribution in [1.29, 1.82) is 0 Å². The van der Waals surface area contributed by atoms with Gasteiger partial charge in [-0.1, -0.05) is 12.1 Å². The molecule has 1 aromatic carbocycles. The van der Waals surface area contributed by atoms with E-state index in [4.69, 9.17) is 4.74 Å². The van der Waals surface area contributed by atoms with Crippen LogP contribution in [-0.2, 0) is 26.1 Å². The lowest BCUT2D eigenvalue weighted by Crippen LogP contribution is -2.36. The molecule has 0 unspecified atom stereocenters. The highest BCUT2D eigenvalue weighted by Gasteiger charge is 2.22. The summed E-state index contributed by atoms with van der Waals surface area (Å²) >= 11 is 0. The van der Waals surface area contributed by atoms with Gasteiger partial charge in [-0.3, -0.25) is 9.36 Å². The van der Waals surface area contributed by atoms with Crippen molar-refractivity contribution in [2.75, 3.05) is 26.0 Å². The fraction of sp³-hybridized carbons (Fsp3) is 0.429. The number of benzene rings is 1. The van der Waals surface area contributed by atoms with E-state index in [1.165, 1.54) is 14.0 Å². The first-order valence-corrected chi connectivity index (χ1v) is 8.72. The summed E-state index contributed by atoms with van der Waals surface area (Å²) in [7, 11) is -2.25. The van der Waals surface area contributed by atoms with Gasteiger partial charge in [-0.05, 0) is 19.1 Å². The molecule has 1 heterocycles. The summed E-state index contributed by atoms with van der Waals surface area (Å²) in [6.45, 7) is 1.88. The number of carbonyl (C=O) groups is 1. The first-order chi connectivity index (χ1) is 10.9. The number of hydrogen-bond acceptors (Lipinski definition) is 5. The first kappa shape index (κ1) is 17.2. The summed E-state index contributed by atoms with van der Waals surface area (Å²) in [6, 6.07) is 6.49. The van der Waals surface area contributed by atoms with Crippen molar-refractivity contribution >= 4 is 27.0 Å². The van der Waals surface area contributed by atoms with Crippen molar-refractivity contribution in [1.82, 2.24) is 13.9 Å². The molecule has 0 saturated carbocycles. The molecule has 2 rings (SSSR count). The van der Waals surface area contributed by atoms with Crippen LogP contribution in [0, 0.1) is 0 Å². The Bertz CT molecular complexity index is 866. The Morgan fingerprint density at radius 3 is 2.52 bits per heavy atom. The van der Waals surface area contributed by atoms with Crippen molar-refractivity contribution < 1.29 is 17.9 Å². The SMILES string of the molecule is CCS(=O)(=O)n1c(=O)n(CC(=O)NCCOC)c2ccccc21. The number of para-hydroxylation sites is 2. The number of hydrogen-bond donors (Lipinski definition) is 1. The first-order valence-electron chi connectivity index (χ1n) is 7.11. The zero-order valence-electron chi connectivity index (χ0n) is 13.0. The Labute approximate surface area is 133 Å². The van der Waals surface area contributed by atoms with E-state index in [0.29, 0.717) is 18.7 Å². The summed E-state index contributed by atoms with van der Waals surface area (Å²) in [5.74, 6) is -0.595. The quantitative estimate of drug-likeness (QED) is 0.701. The zero-order chi connectivity index (χ0) is 17.0. The van der Waals surface area contributed by atoms with E-state index in [9.17, 15) is 18.0 Å². The van der Waals surface area contributed by atoms with Crippen molar-refractivity contribution in [2.24, 2.45) is 0 Å². The number of methoxy groups -OCH3 is 1. The van der Waals surface area contributed by atoms with Gasteiger partial charge in [0.05, 0.1) is 23.4 Å². The lowest BCUT2D eigenvalue weighted by Gasteiger charge is -2.05. The molecule has 0 saturated heterocycles. The Morgan fingerprint density at radius 1 is 1.26 bits per heavy atom. The van der Waals surface area contributed by atoms with E-state index in [1.807, 2.05) is 0 Å². The minimum Gasteiger partial charge on any atom is -0.383 e. The predicted octanol–water partition coefficient (Wildman–Crippen LogP) is -0.237. The molecule has 0 fully saturated rings. The summed E-state index contributed by atoms with van der Waals surface area (Å²) in [6.07, 6.45) is 0. The zero-order valence-corrected chi connectivity index (χ0v) is 13.8. The molecule has 0 spiro atoms. The van der Waals surface area contributed by atoms with E-state index in [1.54, 1.807) is 24.3 Å². The summed E-state index contributed by atoms with van der Waals surface area (Å²) in [5, 5.41) is 2.60.